The van der Waals surface area contributed by atoms with Gasteiger partial charge in [-0.3, -0.25) is 0 Å². The minimum Gasteiger partial charge on any atom is -0.123 e. The van der Waals surface area contributed by atoms with E-state index in [2.05, 4.69) is 19.1 Å². The molecule has 64 valence electrons. The van der Waals surface area contributed by atoms with Crippen molar-refractivity contribution in [3.05, 3.63) is 12.2 Å². The standard InChI is InChI=1S/C10H17Cl/c1-2-3-6-9-7-4-5-8-10(9)11/h2-3,9-10H,4-8H2,1H3. The first-order valence-corrected chi connectivity index (χ1v) is 5.03. The summed E-state index contributed by atoms with van der Waals surface area (Å²) < 4.78 is 0. The minimum atomic E-state index is 0.444. The molecule has 0 aromatic rings. The molecule has 0 nitrogen and oxygen atoms in total. The normalized spacial score (nSPS) is 32.9. The molecule has 1 rings (SSSR count). The molecule has 11 heavy (non-hydrogen) atoms. The second-order valence-corrected chi connectivity index (χ2v) is 3.93. The molecule has 0 bridgehead atoms. The van der Waals surface area contributed by atoms with Crippen LogP contribution >= 0.6 is 11.6 Å². The summed E-state index contributed by atoms with van der Waals surface area (Å²) in [4.78, 5) is 0. The Kier molecular flexibility index (Phi) is 3.99. The van der Waals surface area contributed by atoms with Crippen molar-refractivity contribution in [2.75, 3.05) is 0 Å². The number of hydrogen-bond acceptors (Lipinski definition) is 0. The van der Waals surface area contributed by atoms with Gasteiger partial charge in [0.1, 0.15) is 0 Å². The van der Waals surface area contributed by atoms with Crippen molar-refractivity contribution in [3.63, 3.8) is 0 Å². The van der Waals surface area contributed by atoms with Crippen molar-refractivity contribution >= 4 is 11.6 Å². The fourth-order valence-corrected chi connectivity index (χ4v) is 2.12. The van der Waals surface area contributed by atoms with E-state index in [1.807, 2.05) is 0 Å². The summed E-state index contributed by atoms with van der Waals surface area (Å²) in [6.45, 7) is 2.08. The first-order valence-electron chi connectivity index (χ1n) is 4.60. The summed E-state index contributed by atoms with van der Waals surface area (Å²) in [5.41, 5.74) is 0. The molecule has 0 amide bonds. The molecule has 1 aliphatic rings. The van der Waals surface area contributed by atoms with Gasteiger partial charge in [-0.15, -0.1) is 11.6 Å². The number of allylic oxidation sites excluding steroid dienone is 2. The van der Waals surface area contributed by atoms with E-state index in [-0.39, 0.29) is 0 Å². The molecule has 0 N–H and O–H groups in total. The van der Waals surface area contributed by atoms with Gasteiger partial charge in [-0.1, -0.05) is 25.0 Å². The Morgan fingerprint density at radius 3 is 2.73 bits per heavy atom. The van der Waals surface area contributed by atoms with Gasteiger partial charge >= 0.3 is 0 Å². The van der Waals surface area contributed by atoms with Crippen molar-refractivity contribution in [2.45, 2.75) is 44.4 Å². The van der Waals surface area contributed by atoms with Crippen LogP contribution in [-0.4, -0.2) is 5.38 Å². The molecule has 0 heterocycles. The number of hydrogen-bond donors (Lipinski definition) is 0. The van der Waals surface area contributed by atoms with E-state index in [0.717, 1.165) is 5.92 Å². The second-order valence-electron chi connectivity index (χ2n) is 3.37. The second kappa shape index (κ2) is 4.82. The molecule has 2 unspecified atom stereocenters. The van der Waals surface area contributed by atoms with Crippen molar-refractivity contribution in [2.24, 2.45) is 5.92 Å². The van der Waals surface area contributed by atoms with Gasteiger partial charge in [-0.2, -0.15) is 0 Å². The molecule has 0 saturated heterocycles. The zero-order valence-electron chi connectivity index (χ0n) is 7.22. The largest absolute Gasteiger partial charge is 0.123 e. The molecule has 1 heteroatoms. The monoisotopic (exact) mass is 172 g/mol. The summed E-state index contributed by atoms with van der Waals surface area (Å²) in [6, 6.07) is 0. The molecule has 0 aliphatic heterocycles. The Morgan fingerprint density at radius 2 is 2.09 bits per heavy atom. The van der Waals surface area contributed by atoms with Gasteiger partial charge in [0.2, 0.25) is 0 Å². The molecular weight excluding hydrogens is 156 g/mol. The first-order chi connectivity index (χ1) is 5.34. The minimum absolute atomic E-state index is 0.444. The third-order valence-electron chi connectivity index (χ3n) is 2.49. The van der Waals surface area contributed by atoms with Crippen LogP contribution in [0.5, 0.6) is 0 Å². The Morgan fingerprint density at radius 1 is 1.36 bits per heavy atom. The van der Waals surface area contributed by atoms with Gasteiger partial charge in [0, 0.05) is 5.38 Å². The Balaban J connectivity index is 2.29. The smallest absolute Gasteiger partial charge is 0.0367 e. The van der Waals surface area contributed by atoms with Crippen LogP contribution in [0.1, 0.15) is 39.0 Å². The number of halogens is 1. The zero-order chi connectivity index (χ0) is 8.10. The molecule has 1 saturated carbocycles. The highest BCUT2D eigenvalue weighted by Gasteiger charge is 2.21. The fraction of sp³-hybridized carbons (Fsp3) is 0.800. The third-order valence-corrected chi connectivity index (χ3v) is 3.07. The molecule has 0 spiro atoms. The van der Waals surface area contributed by atoms with Gasteiger partial charge in [0.05, 0.1) is 0 Å². The number of rotatable bonds is 2. The molecule has 0 radical (unpaired) electrons. The van der Waals surface area contributed by atoms with Crippen LogP contribution in [0.25, 0.3) is 0 Å². The highest BCUT2D eigenvalue weighted by atomic mass is 35.5. The lowest BCUT2D eigenvalue weighted by Crippen LogP contribution is -2.18. The van der Waals surface area contributed by atoms with Gasteiger partial charge in [0.25, 0.3) is 0 Å². The van der Waals surface area contributed by atoms with Crippen LogP contribution in [0.2, 0.25) is 0 Å². The lowest BCUT2D eigenvalue weighted by molar-refractivity contribution is 0.368. The van der Waals surface area contributed by atoms with Gasteiger partial charge in [-0.25, -0.2) is 0 Å². The van der Waals surface area contributed by atoms with E-state index in [0.29, 0.717) is 5.38 Å². The van der Waals surface area contributed by atoms with Gasteiger partial charge in [0.15, 0.2) is 0 Å². The third kappa shape index (κ3) is 2.86. The molecule has 0 aromatic heterocycles. The van der Waals surface area contributed by atoms with Crippen molar-refractivity contribution in [1.82, 2.24) is 0 Å². The fourth-order valence-electron chi connectivity index (χ4n) is 1.74. The van der Waals surface area contributed by atoms with Crippen LogP contribution in [0.4, 0.5) is 0 Å². The quantitative estimate of drug-likeness (QED) is 0.440. The number of alkyl halides is 1. The van der Waals surface area contributed by atoms with Crippen molar-refractivity contribution < 1.29 is 0 Å². The highest BCUT2D eigenvalue weighted by Crippen LogP contribution is 2.30. The predicted octanol–water partition coefficient (Wildman–Crippen LogP) is 3.75. The van der Waals surface area contributed by atoms with Crippen molar-refractivity contribution in [3.8, 4) is 0 Å². The summed E-state index contributed by atoms with van der Waals surface area (Å²) >= 11 is 6.18. The Hall–Kier alpha value is 0.0300. The average Bonchev–Trinajstić information content (AvgIpc) is 2.03. The zero-order valence-corrected chi connectivity index (χ0v) is 7.98. The van der Waals surface area contributed by atoms with Crippen LogP contribution in [-0.2, 0) is 0 Å². The van der Waals surface area contributed by atoms with Gasteiger partial charge < -0.3 is 0 Å². The maximum absolute atomic E-state index is 6.18. The summed E-state index contributed by atoms with van der Waals surface area (Å²) in [5.74, 6) is 0.751. The Labute approximate surface area is 74.6 Å². The maximum atomic E-state index is 6.18. The van der Waals surface area contributed by atoms with E-state index in [4.69, 9.17) is 11.6 Å². The van der Waals surface area contributed by atoms with Crippen molar-refractivity contribution in [1.29, 1.82) is 0 Å². The Bertz CT molecular complexity index is 129. The van der Waals surface area contributed by atoms with Crippen LogP contribution < -0.4 is 0 Å². The maximum Gasteiger partial charge on any atom is 0.0367 e. The predicted molar refractivity (Wildman–Crippen MR) is 51.0 cm³/mol. The van der Waals surface area contributed by atoms with E-state index >= 15 is 0 Å². The average molecular weight is 173 g/mol. The van der Waals surface area contributed by atoms with Crippen LogP contribution in [0, 0.1) is 5.92 Å². The first kappa shape index (κ1) is 9.12. The van der Waals surface area contributed by atoms with Crippen LogP contribution in [0.15, 0.2) is 12.2 Å². The summed E-state index contributed by atoms with van der Waals surface area (Å²) in [6.07, 6.45) is 10.8. The summed E-state index contributed by atoms with van der Waals surface area (Å²) in [5, 5.41) is 0.444. The molecule has 0 aromatic carbocycles. The molecule has 1 fully saturated rings. The molecule has 1 aliphatic carbocycles. The van der Waals surface area contributed by atoms with E-state index in [1.165, 1.54) is 32.1 Å². The highest BCUT2D eigenvalue weighted by molar-refractivity contribution is 6.20. The summed E-state index contributed by atoms with van der Waals surface area (Å²) in [7, 11) is 0. The lowest BCUT2D eigenvalue weighted by Gasteiger charge is -2.25. The van der Waals surface area contributed by atoms with E-state index < -0.39 is 0 Å². The van der Waals surface area contributed by atoms with E-state index in [1.54, 1.807) is 0 Å². The molecular formula is C10H17Cl. The lowest BCUT2D eigenvalue weighted by atomic mass is 9.86. The topological polar surface area (TPSA) is 0 Å². The van der Waals surface area contributed by atoms with E-state index in [9.17, 15) is 0 Å². The molecule has 2 atom stereocenters. The van der Waals surface area contributed by atoms with Crippen LogP contribution in [0.3, 0.4) is 0 Å². The van der Waals surface area contributed by atoms with Gasteiger partial charge in [-0.05, 0) is 32.1 Å². The SMILES string of the molecule is CC=CCC1CCCCC1Cl.